The number of pyridine rings is 1. The normalized spacial score (nSPS) is 15.8. The number of aromatic nitrogens is 3. The van der Waals surface area contributed by atoms with Gasteiger partial charge in [0.15, 0.2) is 0 Å². The summed E-state index contributed by atoms with van der Waals surface area (Å²) in [6, 6.07) is 27.9. The Hall–Kier alpha value is -3.64. The first-order valence-corrected chi connectivity index (χ1v) is 20.2. The highest BCUT2D eigenvalue weighted by Crippen LogP contribution is 2.31. The van der Waals surface area contributed by atoms with Crippen LogP contribution in [0.1, 0.15) is 55.7 Å². The predicted octanol–water partition coefficient (Wildman–Crippen LogP) is 7.29. The molecule has 6 rings (SSSR count). The second-order valence-electron chi connectivity index (χ2n) is 14.1. The number of benzene rings is 3. The highest BCUT2D eigenvalue weighted by atomic mass is 35.5. The Kier molecular flexibility index (Phi) is 12.8. The van der Waals surface area contributed by atoms with Gasteiger partial charge < -0.3 is 9.30 Å². The molecule has 0 amide bonds. The molecule has 0 bridgehead atoms. The summed E-state index contributed by atoms with van der Waals surface area (Å²) in [7, 11) is -3.82. The van der Waals surface area contributed by atoms with Crippen molar-refractivity contribution < 1.29 is 13.2 Å². The largest absolute Gasteiger partial charge is 0.380 e. The van der Waals surface area contributed by atoms with E-state index >= 15 is 0 Å². The van der Waals surface area contributed by atoms with E-state index in [2.05, 4.69) is 80.6 Å². The molecule has 3 aromatic carbocycles. The van der Waals surface area contributed by atoms with Crippen molar-refractivity contribution in [2.45, 2.75) is 57.6 Å². The third-order valence-corrected chi connectivity index (χ3v) is 12.2. The number of nitrogens with zero attached hydrogens (tertiary/aromatic N) is 6. The van der Waals surface area contributed by atoms with Crippen LogP contribution in [-0.4, -0.2) is 95.6 Å². The Morgan fingerprint density at radius 2 is 1.60 bits per heavy atom. The molecule has 2 aromatic heterocycles. The van der Waals surface area contributed by atoms with E-state index in [1.165, 1.54) is 11.1 Å². The molecule has 9 nitrogen and oxygen atoms in total. The minimum atomic E-state index is -3.82. The highest BCUT2D eigenvalue weighted by Gasteiger charge is 2.33. The van der Waals surface area contributed by atoms with Crippen LogP contribution in [0.25, 0.3) is 11.0 Å². The fraction of sp³-hybridized carbons (Fsp3) is 0.415. The van der Waals surface area contributed by atoms with E-state index in [1.54, 1.807) is 28.8 Å². The standard InChI is InChI=1S/C41H51ClN6O3S/c1-5-51-30-37(27-31(2)3)48(52(49,50)38-17-11-33(12-18-38)29-47-32(4)44-39-28-43-20-19-40(39)47)26-23-45-21-24-46(25-22-45)41(34-9-7-6-8-10-34)35-13-15-36(42)16-14-35/h6-20,28,31,37,41H,5,21-27,29-30H2,1-4H3/t37-,41?/m0/s1. The lowest BCUT2D eigenvalue weighted by Gasteiger charge is -2.41. The summed E-state index contributed by atoms with van der Waals surface area (Å²) in [4.78, 5) is 14.0. The van der Waals surface area contributed by atoms with Crippen molar-refractivity contribution in [2.75, 3.05) is 52.5 Å². The highest BCUT2D eigenvalue weighted by molar-refractivity contribution is 7.89. The van der Waals surface area contributed by atoms with Crippen molar-refractivity contribution >= 4 is 32.7 Å². The molecule has 1 saturated heterocycles. The molecule has 0 N–H and O–H groups in total. The Morgan fingerprint density at radius 1 is 0.904 bits per heavy atom. The summed E-state index contributed by atoms with van der Waals surface area (Å²) in [5.74, 6) is 1.19. The van der Waals surface area contributed by atoms with E-state index in [0.717, 1.165) is 53.6 Å². The van der Waals surface area contributed by atoms with Crippen molar-refractivity contribution in [3.8, 4) is 0 Å². The predicted molar refractivity (Wildman–Crippen MR) is 209 cm³/mol. The van der Waals surface area contributed by atoms with Gasteiger partial charge >= 0.3 is 0 Å². The van der Waals surface area contributed by atoms with Crippen molar-refractivity contribution in [3.05, 3.63) is 125 Å². The first kappa shape index (κ1) is 38.1. The van der Waals surface area contributed by atoms with Crippen LogP contribution >= 0.6 is 11.6 Å². The first-order chi connectivity index (χ1) is 25.1. The number of sulfonamides is 1. The molecule has 0 radical (unpaired) electrons. The topological polar surface area (TPSA) is 83.8 Å². The number of hydrogen-bond donors (Lipinski definition) is 0. The van der Waals surface area contributed by atoms with Crippen molar-refractivity contribution in [2.24, 2.45) is 5.92 Å². The maximum absolute atomic E-state index is 14.5. The van der Waals surface area contributed by atoms with Crippen LogP contribution < -0.4 is 0 Å². The molecule has 3 heterocycles. The molecule has 1 aliphatic heterocycles. The number of rotatable bonds is 16. The van der Waals surface area contributed by atoms with Crippen molar-refractivity contribution in [3.63, 3.8) is 0 Å². The zero-order chi connectivity index (χ0) is 36.7. The Bertz CT molecular complexity index is 1980. The molecule has 1 aliphatic rings. The van der Waals surface area contributed by atoms with Crippen molar-refractivity contribution in [1.82, 2.24) is 28.6 Å². The van der Waals surface area contributed by atoms with Gasteiger partial charge in [-0.25, -0.2) is 13.4 Å². The van der Waals surface area contributed by atoms with Gasteiger partial charge in [-0.05, 0) is 73.2 Å². The van der Waals surface area contributed by atoms with Gasteiger partial charge in [-0.2, -0.15) is 4.31 Å². The lowest BCUT2D eigenvalue weighted by atomic mass is 9.96. The number of aryl methyl sites for hydroxylation is 1. The van der Waals surface area contributed by atoms with Crippen LogP contribution in [0.3, 0.4) is 0 Å². The molecule has 52 heavy (non-hydrogen) atoms. The number of halogens is 1. The number of ether oxygens (including phenoxy) is 1. The van der Waals surface area contributed by atoms with Crippen LogP contribution in [0, 0.1) is 12.8 Å². The number of hydrogen-bond acceptors (Lipinski definition) is 7. The van der Waals surface area contributed by atoms with Crippen LogP contribution in [0.15, 0.2) is 102 Å². The van der Waals surface area contributed by atoms with Gasteiger partial charge in [-0.1, -0.05) is 80.0 Å². The van der Waals surface area contributed by atoms with E-state index in [9.17, 15) is 8.42 Å². The Balaban J connectivity index is 1.18. The fourth-order valence-electron chi connectivity index (χ4n) is 7.33. The van der Waals surface area contributed by atoms with Gasteiger partial charge in [0.05, 0.1) is 29.3 Å². The van der Waals surface area contributed by atoms with Gasteiger partial charge in [0.1, 0.15) is 11.3 Å². The van der Waals surface area contributed by atoms with Crippen LogP contribution in [-0.2, 0) is 21.3 Å². The summed E-state index contributed by atoms with van der Waals surface area (Å²) in [5, 5.41) is 0.729. The fourth-order valence-corrected chi connectivity index (χ4v) is 9.07. The lowest BCUT2D eigenvalue weighted by Crippen LogP contribution is -2.51. The minimum absolute atomic E-state index is 0.121. The summed E-state index contributed by atoms with van der Waals surface area (Å²) in [6.45, 7) is 14.2. The zero-order valence-electron chi connectivity index (χ0n) is 30.7. The molecular formula is C41H51ClN6O3S. The van der Waals surface area contributed by atoms with Gasteiger partial charge in [0.2, 0.25) is 10.0 Å². The lowest BCUT2D eigenvalue weighted by molar-refractivity contribution is 0.0752. The summed E-state index contributed by atoms with van der Waals surface area (Å²) in [6.07, 6.45) is 4.25. The van der Waals surface area contributed by atoms with Gasteiger partial charge in [0.25, 0.3) is 0 Å². The summed E-state index contributed by atoms with van der Waals surface area (Å²) < 4.78 is 38.8. The molecule has 5 aromatic rings. The average molecular weight is 743 g/mol. The molecule has 0 saturated carbocycles. The monoisotopic (exact) mass is 742 g/mol. The molecular weight excluding hydrogens is 692 g/mol. The molecule has 1 unspecified atom stereocenters. The van der Waals surface area contributed by atoms with E-state index < -0.39 is 10.0 Å². The molecule has 11 heteroatoms. The SMILES string of the molecule is CCOC[C@H](CC(C)C)N(CCN1CCN(C(c2ccccc2)c2ccc(Cl)cc2)CC1)S(=O)(=O)c1ccc(Cn2c(C)nc3cnccc32)cc1. The molecule has 0 spiro atoms. The van der Waals surface area contributed by atoms with Crippen LogP contribution in [0.4, 0.5) is 0 Å². The smallest absolute Gasteiger partial charge is 0.243 e. The molecule has 276 valence electrons. The Labute approximate surface area is 314 Å². The maximum atomic E-state index is 14.5. The second-order valence-corrected chi connectivity index (χ2v) is 16.4. The third-order valence-electron chi connectivity index (χ3n) is 9.99. The summed E-state index contributed by atoms with van der Waals surface area (Å²) in [5.41, 5.74) is 5.32. The number of imidazole rings is 1. The maximum Gasteiger partial charge on any atom is 0.243 e. The average Bonchev–Trinajstić information content (AvgIpc) is 3.46. The molecule has 0 aliphatic carbocycles. The van der Waals surface area contributed by atoms with E-state index in [-0.39, 0.29) is 12.1 Å². The Morgan fingerprint density at radius 3 is 2.27 bits per heavy atom. The number of fused-ring (bicyclic) bond motifs is 1. The van der Waals surface area contributed by atoms with Gasteiger partial charge in [0, 0.05) is 69.7 Å². The van der Waals surface area contributed by atoms with Crippen LogP contribution in [0.5, 0.6) is 0 Å². The van der Waals surface area contributed by atoms with E-state index in [1.807, 2.05) is 44.2 Å². The third kappa shape index (κ3) is 9.10. The van der Waals surface area contributed by atoms with E-state index in [4.69, 9.17) is 16.3 Å². The number of piperazine rings is 1. The molecule has 1 fully saturated rings. The molecule has 2 atom stereocenters. The van der Waals surface area contributed by atoms with Gasteiger partial charge in [-0.15, -0.1) is 0 Å². The van der Waals surface area contributed by atoms with E-state index in [0.29, 0.717) is 50.1 Å². The van der Waals surface area contributed by atoms with Crippen LogP contribution in [0.2, 0.25) is 5.02 Å². The minimum Gasteiger partial charge on any atom is -0.380 e. The van der Waals surface area contributed by atoms with Gasteiger partial charge in [-0.3, -0.25) is 14.8 Å². The first-order valence-electron chi connectivity index (χ1n) is 18.4. The quantitative estimate of drug-likeness (QED) is 0.105. The second kappa shape index (κ2) is 17.5. The zero-order valence-corrected chi connectivity index (χ0v) is 32.3. The van der Waals surface area contributed by atoms with Crippen molar-refractivity contribution in [1.29, 1.82) is 0 Å². The summed E-state index contributed by atoms with van der Waals surface area (Å²) >= 11 is 6.25.